The van der Waals surface area contributed by atoms with Gasteiger partial charge in [0, 0.05) is 45.2 Å². The van der Waals surface area contributed by atoms with E-state index in [0.29, 0.717) is 26.2 Å². The van der Waals surface area contributed by atoms with E-state index in [0.717, 1.165) is 15.5 Å². The highest BCUT2D eigenvalue weighted by atomic mass is 32.1. The van der Waals surface area contributed by atoms with E-state index in [2.05, 4.69) is 20.2 Å². The van der Waals surface area contributed by atoms with Gasteiger partial charge in [0.15, 0.2) is 5.13 Å². The smallest absolute Gasteiger partial charge is 0.224 e. The van der Waals surface area contributed by atoms with E-state index in [1.807, 2.05) is 12.1 Å². The minimum atomic E-state index is -0.492. The number of anilines is 2. The van der Waals surface area contributed by atoms with Gasteiger partial charge in [0.1, 0.15) is 16.2 Å². The van der Waals surface area contributed by atoms with E-state index in [4.69, 9.17) is 0 Å². The summed E-state index contributed by atoms with van der Waals surface area (Å²) in [5, 5.41) is 3.42. The normalized spacial score (nSPS) is 14.2. The number of pyridine rings is 1. The van der Waals surface area contributed by atoms with Crippen molar-refractivity contribution < 1.29 is 14.0 Å². The molecular formula is C20H20FN5O2S. The highest BCUT2D eigenvalue weighted by Crippen LogP contribution is 2.27. The van der Waals surface area contributed by atoms with Crippen LogP contribution in [-0.2, 0) is 9.59 Å². The molecule has 0 radical (unpaired) electrons. The zero-order chi connectivity index (χ0) is 20.2. The van der Waals surface area contributed by atoms with Gasteiger partial charge < -0.3 is 15.1 Å². The van der Waals surface area contributed by atoms with Gasteiger partial charge in [-0.25, -0.2) is 14.4 Å². The number of nitrogens with zero attached hydrogens (tertiary/aromatic N) is 4. The Morgan fingerprint density at radius 2 is 1.86 bits per heavy atom. The predicted molar refractivity (Wildman–Crippen MR) is 110 cm³/mol. The van der Waals surface area contributed by atoms with Crippen LogP contribution in [0, 0.1) is 5.82 Å². The Hall–Kier alpha value is -3.07. The van der Waals surface area contributed by atoms with Crippen molar-refractivity contribution in [2.45, 2.75) is 12.8 Å². The summed E-state index contributed by atoms with van der Waals surface area (Å²) in [4.78, 5) is 38.2. The molecule has 29 heavy (non-hydrogen) atoms. The molecule has 3 heterocycles. The van der Waals surface area contributed by atoms with Gasteiger partial charge >= 0.3 is 0 Å². The molecule has 2 aromatic heterocycles. The van der Waals surface area contributed by atoms with Crippen LogP contribution < -0.4 is 10.2 Å². The first kappa shape index (κ1) is 19.3. The Bertz CT molecular complexity index is 999. The van der Waals surface area contributed by atoms with E-state index in [1.165, 1.54) is 12.1 Å². The van der Waals surface area contributed by atoms with E-state index in [1.54, 1.807) is 34.6 Å². The molecule has 1 fully saturated rings. The van der Waals surface area contributed by atoms with Crippen molar-refractivity contribution in [2.75, 3.05) is 36.4 Å². The molecule has 0 atom stereocenters. The highest BCUT2D eigenvalue weighted by Gasteiger charge is 2.23. The lowest BCUT2D eigenvalue weighted by Crippen LogP contribution is -2.48. The summed E-state index contributed by atoms with van der Waals surface area (Å²) in [6, 6.07) is 9.77. The SMILES string of the molecule is O=C(CCC(=O)N1CCN(c2nc3cccnc3s2)CC1)Nc1ccccc1F. The molecule has 1 N–H and O–H groups in total. The maximum atomic E-state index is 13.6. The molecule has 0 unspecified atom stereocenters. The number of thiazole rings is 1. The summed E-state index contributed by atoms with van der Waals surface area (Å²) in [5.41, 5.74) is 1.01. The molecule has 150 valence electrons. The van der Waals surface area contributed by atoms with Crippen molar-refractivity contribution >= 4 is 44.3 Å². The van der Waals surface area contributed by atoms with Crippen LogP contribution in [0.5, 0.6) is 0 Å². The van der Waals surface area contributed by atoms with Gasteiger partial charge in [-0.05, 0) is 24.3 Å². The van der Waals surface area contributed by atoms with Crippen LogP contribution in [0.4, 0.5) is 15.2 Å². The second kappa shape index (κ2) is 8.52. The number of rotatable bonds is 5. The zero-order valence-corrected chi connectivity index (χ0v) is 16.5. The summed E-state index contributed by atoms with van der Waals surface area (Å²) in [7, 11) is 0. The lowest BCUT2D eigenvalue weighted by molar-refractivity contribution is -0.133. The van der Waals surface area contributed by atoms with E-state index < -0.39 is 5.82 Å². The van der Waals surface area contributed by atoms with Crippen molar-refractivity contribution in [2.24, 2.45) is 0 Å². The van der Waals surface area contributed by atoms with Crippen LogP contribution in [0.2, 0.25) is 0 Å². The van der Waals surface area contributed by atoms with Gasteiger partial charge in [0.05, 0.1) is 5.69 Å². The Morgan fingerprint density at radius 3 is 2.62 bits per heavy atom. The number of halogens is 1. The molecule has 1 saturated heterocycles. The quantitative estimate of drug-likeness (QED) is 0.696. The molecular weight excluding hydrogens is 393 g/mol. The number of para-hydroxylation sites is 1. The Kier molecular flexibility index (Phi) is 5.66. The van der Waals surface area contributed by atoms with Crippen LogP contribution in [0.25, 0.3) is 10.3 Å². The number of nitrogens with one attached hydrogen (secondary N) is 1. The van der Waals surface area contributed by atoms with Gasteiger partial charge in [-0.15, -0.1) is 0 Å². The second-order valence-corrected chi connectivity index (χ2v) is 7.68. The predicted octanol–water partition coefficient (Wildman–Crippen LogP) is 2.90. The molecule has 1 aliphatic heterocycles. The summed E-state index contributed by atoms with van der Waals surface area (Å²) in [6.07, 6.45) is 1.88. The maximum Gasteiger partial charge on any atom is 0.224 e. The van der Waals surface area contributed by atoms with E-state index in [-0.39, 0.29) is 30.3 Å². The first-order valence-corrected chi connectivity index (χ1v) is 10.2. The number of amides is 2. The molecule has 0 aliphatic carbocycles. The van der Waals surface area contributed by atoms with Crippen molar-refractivity contribution in [1.82, 2.24) is 14.9 Å². The lowest BCUT2D eigenvalue weighted by atomic mass is 10.2. The highest BCUT2D eigenvalue weighted by molar-refractivity contribution is 7.21. The third kappa shape index (κ3) is 4.51. The van der Waals surface area contributed by atoms with Gasteiger partial charge in [-0.2, -0.15) is 0 Å². The minimum absolute atomic E-state index is 0.0247. The summed E-state index contributed by atoms with van der Waals surface area (Å²) >= 11 is 1.55. The number of fused-ring (bicyclic) bond motifs is 1. The van der Waals surface area contributed by atoms with Crippen molar-refractivity contribution in [1.29, 1.82) is 0 Å². The average Bonchev–Trinajstić information content (AvgIpc) is 3.18. The average molecular weight is 413 g/mol. The fourth-order valence-electron chi connectivity index (χ4n) is 3.19. The number of benzene rings is 1. The van der Waals surface area contributed by atoms with E-state index >= 15 is 0 Å². The number of aromatic nitrogens is 2. The molecule has 7 nitrogen and oxygen atoms in total. The zero-order valence-electron chi connectivity index (χ0n) is 15.7. The van der Waals surface area contributed by atoms with Crippen molar-refractivity contribution in [3.05, 3.63) is 48.4 Å². The second-order valence-electron chi connectivity index (χ2n) is 6.72. The van der Waals surface area contributed by atoms with E-state index in [9.17, 15) is 14.0 Å². The summed E-state index contributed by atoms with van der Waals surface area (Å²) in [5.74, 6) is -0.934. The Balaban J connectivity index is 1.25. The van der Waals surface area contributed by atoms with Crippen LogP contribution >= 0.6 is 11.3 Å². The van der Waals surface area contributed by atoms with Crippen molar-refractivity contribution in [3.8, 4) is 0 Å². The standard InChI is InChI=1S/C20H20FN5O2S/c21-14-4-1-2-5-15(14)23-17(27)7-8-18(28)25-10-12-26(13-11-25)20-24-16-6-3-9-22-19(16)29-20/h1-6,9H,7-8,10-13H2,(H,23,27). The molecule has 0 saturated carbocycles. The molecule has 0 bridgehead atoms. The molecule has 2 amide bonds. The van der Waals surface area contributed by atoms with Gasteiger partial charge in [0.2, 0.25) is 11.8 Å². The van der Waals surface area contributed by atoms with Gasteiger partial charge in [-0.1, -0.05) is 23.5 Å². The number of hydrogen-bond acceptors (Lipinski definition) is 6. The Labute approximate surface area is 171 Å². The third-order valence-corrected chi connectivity index (χ3v) is 5.81. The fourth-order valence-corrected chi connectivity index (χ4v) is 4.16. The molecule has 1 aromatic carbocycles. The van der Waals surface area contributed by atoms with Crippen LogP contribution in [0.3, 0.4) is 0 Å². The van der Waals surface area contributed by atoms with Crippen LogP contribution in [-0.4, -0.2) is 52.9 Å². The maximum absolute atomic E-state index is 13.6. The largest absolute Gasteiger partial charge is 0.344 e. The summed E-state index contributed by atoms with van der Waals surface area (Å²) < 4.78 is 13.6. The monoisotopic (exact) mass is 413 g/mol. The lowest BCUT2D eigenvalue weighted by Gasteiger charge is -2.34. The van der Waals surface area contributed by atoms with Gasteiger partial charge in [-0.3, -0.25) is 9.59 Å². The molecule has 9 heteroatoms. The first-order chi connectivity index (χ1) is 14.1. The van der Waals surface area contributed by atoms with Crippen LogP contribution in [0.1, 0.15) is 12.8 Å². The fraction of sp³-hybridized carbons (Fsp3) is 0.300. The number of piperazine rings is 1. The number of hydrogen-bond donors (Lipinski definition) is 1. The topological polar surface area (TPSA) is 78.4 Å². The molecule has 3 aromatic rings. The summed E-state index contributed by atoms with van der Waals surface area (Å²) in [6.45, 7) is 2.54. The third-order valence-electron chi connectivity index (χ3n) is 4.77. The minimum Gasteiger partial charge on any atom is -0.344 e. The first-order valence-electron chi connectivity index (χ1n) is 9.39. The molecule has 0 spiro atoms. The molecule has 1 aliphatic rings. The molecule has 4 rings (SSSR count). The van der Waals surface area contributed by atoms with Crippen LogP contribution in [0.15, 0.2) is 42.6 Å². The Morgan fingerprint density at radius 1 is 1.07 bits per heavy atom. The number of carbonyl (C=O) groups is 2. The number of carbonyl (C=O) groups excluding carboxylic acids is 2. The van der Waals surface area contributed by atoms with Crippen molar-refractivity contribution in [3.63, 3.8) is 0 Å². The van der Waals surface area contributed by atoms with Gasteiger partial charge in [0.25, 0.3) is 0 Å².